The first kappa shape index (κ1) is 15.3. The van der Waals surface area contributed by atoms with Crippen LogP contribution >= 0.6 is 0 Å². The van der Waals surface area contributed by atoms with E-state index in [1.165, 1.54) is 25.7 Å². The van der Waals surface area contributed by atoms with E-state index in [-0.39, 0.29) is 5.54 Å². The average molecular weight is 277 g/mol. The monoisotopic (exact) mass is 277 g/mol. The predicted octanol–water partition coefficient (Wildman–Crippen LogP) is 2.22. The molecule has 1 aromatic heterocycles. The van der Waals surface area contributed by atoms with Crippen LogP contribution in [0, 0.1) is 0 Å². The van der Waals surface area contributed by atoms with Crippen molar-refractivity contribution in [3.8, 4) is 0 Å². The van der Waals surface area contributed by atoms with Crippen molar-refractivity contribution in [3.63, 3.8) is 0 Å². The molecular formula is C16H27N3O. The van der Waals surface area contributed by atoms with Crippen LogP contribution in [-0.4, -0.2) is 39.7 Å². The third-order valence-corrected chi connectivity index (χ3v) is 4.58. The highest BCUT2D eigenvalue weighted by molar-refractivity contribution is 5.39. The van der Waals surface area contributed by atoms with E-state index in [2.05, 4.69) is 23.7 Å². The topological polar surface area (TPSA) is 62.4 Å². The molecular weight excluding hydrogens is 250 g/mol. The molecule has 1 fully saturated rings. The highest BCUT2D eigenvalue weighted by Crippen LogP contribution is 2.26. The zero-order valence-corrected chi connectivity index (χ0v) is 12.7. The number of hydrogen-bond donors (Lipinski definition) is 2. The number of aromatic nitrogens is 1. The van der Waals surface area contributed by atoms with Crippen LogP contribution in [0.4, 0.5) is 5.82 Å². The van der Waals surface area contributed by atoms with Crippen molar-refractivity contribution in [1.29, 1.82) is 0 Å². The second kappa shape index (κ2) is 6.55. The van der Waals surface area contributed by atoms with E-state index in [4.69, 9.17) is 5.73 Å². The number of hydrogen-bond acceptors (Lipinski definition) is 4. The van der Waals surface area contributed by atoms with Gasteiger partial charge in [0, 0.05) is 18.2 Å². The summed E-state index contributed by atoms with van der Waals surface area (Å²) in [5, 5.41) is 10.7. The van der Waals surface area contributed by atoms with E-state index >= 15 is 0 Å². The van der Waals surface area contributed by atoms with Crippen LogP contribution in [0.5, 0.6) is 0 Å². The van der Waals surface area contributed by atoms with Crippen molar-refractivity contribution < 1.29 is 5.11 Å². The third-order valence-electron chi connectivity index (χ3n) is 4.58. The number of nitrogens with two attached hydrogens (primary N) is 1. The van der Waals surface area contributed by atoms with Gasteiger partial charge in [0.2, 0.25) is 0 Å². The normalized spacial score (nSPS) is 19.6. The lowest BCUT2D eigenvalue weighted by molar-refractivity contribution is -0.00781. The van der Waals surface area contributed by atoms with Gasteiger partial charge < -0.3 is 10.8 Å². The van der Waals surface area contributed by atoms with Crippen LogP contribution in [-0.2, 0) is 6.42 Å². The highest BCUT2D eigenvalue weighted by atomic mass is 16.3. The molecule has 0 radical (unpaired) electrons. The standard InChI is InChI=1S/C16H27N3O/c1-16(2,19-10-5-3-4-6-11-19)14(20)12-13-8-7-9-18-15(13)17/h7-9,14,20H,3-6,10-12H2,1-2H3,(H2,17,18). The molecule has 2 rings (SSSR count). The summed E-state index contributed by atoms with van der Waals surface area (Å²) >= 11 is 0. The Morgan fingerprint density at radius 3 is 2.55 bits per heavy atom. The zero-order chi connectivity index (χ0) is 14.6. The number of nitrogen functional groups attached to an aromatic ring is 1. The Kier molecular flexibility index (Phi) is 5.00. The van der Waals surface area contributed by atoms with Gasteiger partial charge in [0.1, 0.15) is 5.82 Å². The summed E-state index contributed by atoms with van der Waals surface area (Å²) < 4.78 is 0. The Balaban J connectivity index is 2.06. The number of aliphatic hydroxyl groups excluding tert-OH is 1. The summed E-state index contributed by atoms with van der Waals surface area (Å²) in [4.78, 5) is 6.52. The van der Waals surface area contributed by atoms with Gasteiger partial charge in [-0.1, -0.05) is 18.9 Å². The highest BCUT2D eigenvalue weighted by Gasteiger charge is 2.34. The van der Waals surface area contributed by atoms with Crippen molar-refractivity contribution >= 4 is 5.82 Å². The van der Waals surface area contributed by atoms with Gasteiger partial charge in [0.05, 0.1) is 6.10 Å². The second-order valence-corrected chi connectivity index (χ2v) is 6.32. The Labute approximate surface area is 122 Å². The van der Waals surface area contributed by atoms with Gasteiger partial charge in [-0.25, -0.2) is 4.98 Å². The van der Waals surface area contributed by atoms with E-state index in [1.807, 2.05) is 12.1 Å². The minimum Gasteiger partial charge on any atom is -0.391 e. The van der Waals surface area contributed by atoms with Crippen LogP contribution in [0.3, 0.4) is 0 Å². The molecule has 1 unspecified atom stereocenters. The second-order valence-electron chi connectivity index (χ2n) is 6.32. The molecule has 4 nitrogen and oxygen atoms in total. The first-order valence-electron chi connectivity index (χ1n) is 7.64. The molecule has 0 amide bonds. The summed E-state index contributed by atoms with van der Waals surface area (Å²) in [6, 6.07) is 3.82. The maximum absolute atomic E-state index is 10.7. The van der Waals surface area contributed by atoms with Crippen molar-refractivity contribution in [1.82, 2.24) is 9.88 Å². The van der Waals surface area contributed by atoms with Crippen LogP contribution in [0.25, 0.3) is 0 Å². The van der Waals surface area contributed by atoms with Gasteiger partial charge in [-0.3, -0.25) is 4.90 Å². The minimum atomic E-state index is -0.438. The lowest BCUT2D eigenvalue weighted by Crippen LogP contribution is -2.53. The molecule has 1 atom stereocenters. The van der Waals surface area contributed by atoms with Crippen LogP contribution in [0.2, 0.25) is 0 Å². The van der Waals surface area contributed by atoms with Gasteiger partial charge in [-0.15, -0.1) is 0 Å². The van der Waals surface area contributed by atoms with Crippen LogP contribution < -0.4 is 5.73 Å². The number of rotatable bonds is 4. The van der Waals surface area contributed by atoms with Gasteiger partial charge in [0.25, 0.3) is 0 Å². The summed E-state index contributed by atoms with van der Waals surface area (Å²) in [5.41, 5.74) is 6.58. The van der Waals surface area contributed by atoms with Crippen molar-refractivity contribution in [2.24, 2.45) is 0 Å². The summed E-state index contributed by atoms with van der Waals surface area (Å²) in [6.45, 7) is 6.42. The molecule has 1 aliphatic heterocycles. The van der Waals surface area contributed by atoms with Crippen LogP contribution in [0.15, 0.2) is 18.3 Å². The lowest BCUT2D eigenvalue weighted by Gasteiger charge is -2.41. The number of anilines is 1. The molecule has 0 saturated carbocycles. The fourth-order valence-electron chi connectivity index (χ4n) is 2.94. The van der Waals surface area contributed by atoms with E-state index in [0.29, 0.717) is 12.2 Å². The molecule has 112 valence electrons. The predicted molar refractivity (Wildman–Crippen MR) is 82.5 cm³/mol. The maximum Gasteiger partial charge on any atom is 0.126 e. The maximum atomic E-state index is 10.7. The molecule has 0 aromatic carbocycles. The summed E-state index contributed by atoms with van der Waals surface area (Å²) in [6.07, 6.45) is 6.87. The average Bonchev–Trinajstić information content (AvgIpc) is 2.70. The first-order chi connectivity index (χ1) is 9.51. The molecule has 1 aliphatic rings. The smallest absolute Gasteiger partial charge is 0.126 e. The van der Waals surface area contributed by atoms with Gasteiger partial charge in [0.15, 0.2) is 0 Å². The summed E-state index contributed by atoms with van der Waals surface area (Å²) in [7, 11) is 0. The molecule has 0 aliphatic carbocycles. The molecule has 1 aromatic rings. The zero-order valence-electron chi connectivity index (χ0n) is 12.7. The van der Waals surface area contributed by atoms with E-state index < -0.39 is 6.10 Å². The minimum absolute atomic E-state index is 0.230. The number of pyridine rings is 1. The molecule has 0 bridgehead atoms. The van der Waals surface area contributed by atoms with Gasteiger partial charge in [-0.05, 0) is 51.4 Å². The van der Waals surface area contributed by atoms with Gasteiger partial charge in [-0.2, -0.15) is 0 Å². The molecule has 2 heterocycles. The fourth-order valence-corrected chi connectivity index (χ4v) is 2.94. The molecule has 3 N–H and O–H groups in total. The Morgan fingerprint density at radius 2 is 1.95 bits per heavy atom. The fraction of sp³-hybridized carbons (Fsp3) is 0.688. The quantitative estimate of drug-likeness (QED) is 0.886. The van der Waals surface area contributed by atoms with Crippen molar-refractivity contribution in [2.75, 3.05) is 18.8 Å². The third kappa shape index (κ3) is 3.49. The molecule has 0 spiro atoms. The van der Waals surface area contributed by atoms with E-state index in [0.717, 1.165) is 18.7 Å². The van der Waals surface area contributed by atoms with Crippen LogP contribution in [0.1, 0.15) is 45.1 Å². The number of nitrogens with zero attached hydrogens (tertiary/aromatic N) is 2. The summed E-state index contributed by atoms with van der Waals surface area (Å²) in [5.74, 6) is 0.526. The molecule has 20 heavy (non-hydrogen) atoms. The number of likely N-dealkylation sites (tertiary alicyclic amines) is 1. The molecule has 4 heteroatoms. The van der Waals surface area contributed by atoms with Crippen molar-refractivity contribution in [2.45, 2.75) is 57.6 Å². The van der Waals surface area contributed by atoms with E-state index in [9.17, 15) is 5.11 Å². The Morgan fingerprint density at radius 1 is 1.30 bits per heavy atom. The number of aliphatic hydroxyl groups is 1. The van der Waals surface area contributed by atoms with Crippen molar-refractivity contribution in [3.05, 3.63) is 23.9 Å². The molecule has 1 saturated heterocycles. The largest absolute Gasteiger partial charge is 0.391 e. The SMILES string of the molecule is CC(C)(C(O)Cc1cccnc1N)N1CCCCCC1. The van der Waals surface area contributed by atoms with Gasteiger partial charge >= 0.3 is 0 Å². The first-order valence-corrected chi connectivity index (χ1v) is 7.64. The Bertz CT molecular complexity index is 425. The van der Waals surface area contributed by atoms with E-state index in [1.54, 1.807) is 6.20 Å². The lowest BCUT2D eigenvalue weighted by atomic mass is 9.90. The Hall–Kier alpha value is -1.13.